The number of carboxylic acid groups (broad SMARTS) is 1. The minimum Gasteiger partial charge on any atom is -0.481 e. The first-order valence-corrected chi connectivity index (χ1v) is 6.08. The number of hydrogen-bond donors (Lipinski definition) is 1. The van der Waals surface area contributed by atoms with Gasteiger partial charge >= 0.3 is 17.9 Å². The topological polar surface area (TPSA) is 125 Å². The van der Waals surface area contributed by atoms with Gasteiger partial charge in [-0.3, -0.25) is 9.59 Å². The first-order chi connectivity index (χ1) is 10.4. The molecular formula is C13H11NO8. The number of carbonyl (C=O) groups is 2. The van der Waals surface area contributed by atoms with Gasteiger partial charge in [-0.25, -0.2) is 14.2 Å². The molecule has 0 fully saturated rings. The lowest BCUT2D eigenvalue weighted by Crippen LogP contribution is -2.33. The average molecular weight is 309 g/mol. The van der Waals surface area contributed by atoms with Crippen LogP contribution in [0, 0.1) is 0 Å². The summed E-state index contributed by atoms with van der Waals surface area (Å²) in [6.45, 7) is -0.325. The largest absolute Gasteiger partial charge is 0.513 e. The summed E-state index contributed by atoms with van der Waals surface area (Å²) < 4.78 is 14.7. The molecule has 0 aliphatic carbocycles. The molecule has 1 aromatic heterocycles. The summed E-state index contributed by atoms with van der Waals surface area (Å²) in [4.78, 5) is 45.7. The summed E-state index contributed by atoms with van der Waals surface area (Å²) in [7, 11) is 1.10. The zero-order valence-electron chi connectivity index (χ0n) is 11.4. The van der Waals surface area contributed by atoms with Crippen LogP contribution in [-0.4, -0.2) is 28.9 Å². The van der Waals surface area contributed by atoms with Gasteiger partial charge in [0.05, 0.1) is 18.9 Å². The van der Waals surface area contributed by atoms with Crippen molar-refractivity contribution in [2.24, 2.45) is 0 Å². The summed E-state index contributed by atoms with van der Waals surface area (Å²) in [5.41, 5.74) is -0.947. The van der Waals surface area contributed by atoms with Crippen molar-refractivity contribution in [2.75, 3.05) is 7.11 Å². The van der Waals surface area contributed by atoms with Crippen LogP contribution in [0.2, 0.25) is 0 Å². The van der Waals surface area contributed by atoms with Crippen LogP contribution in [-0.2, 0) is 16.1 Å². The molecule has 0 atom stereocenters. The van der Waals surface area contributed by atoms with Crippen molar-refractivity contribution in [1.82, 2.24) is 4.57 Å². The van der Waals surface area contributed by atoms with E-state index in [4.69, 9.17) is 14.3 Å². The van der Waals surface area contributed by atoms with Gasteiger partial charge < -0.3 is 19.0 Å². The third kappa shape index (κ3) is 2.97. The summed E-state index contributed by atoms with van der Waals surface area (Å²) in [6, 6.07) is 4.11. The zero-order valence-corrected chi connectivity index (χ0v) is 11.4. The monoisotopic (exact) mass is 309 g/mol. The zero-order chi connectivity index (χ0) is 16.3. The van der Waals surface area contributed by atoms with E-state index in [-0.39, 0.29) is 23.3 Å². The maximum Gasteiger partial charge on any atom is 0.513 e. The molecule has 0 saturated heterocycles. The molecule has 0 saturated carbocycles. The van der Waals surface area contributed by atoms with Crippen LogP contribution in [0.3, 0.4) is 0 Å². The minimum atomic E-state index is -1.16. The lowest BCUT2D eigenvalue weighted by molar-refractivity contribution is -0.137. The maximum atomic E-state index is 12.2. The Hall–Kier alpha value is -3.10. The first-order valence-electron chi connectivity index (χ1n) is 6.08. The molecule has 0 aliphatic heterocycles. The molecule has 0 unspecified atom stereocenters. The van der Waals surface area contributed by atoms with E-state index in [9.17, 15) is 19.2 Å². The van der Waals surface area contributed by atoms with E-state index in [1.807, 2.05) is 0 Å². The molecule has 2 aromatic rings. The van der Waals surface area contributed by atoms with Crippen LogP contribution in [0.4, 0.5) is 4.79 Å². The van der Waals surface area contributed by atoms with Gasteiger partial charge in [-0.05, 0) is 12.1 Å². The number of carboxylic acids is 1. The highest BCUT2D eigenvalue weighted by Crippen LogP contribution is 2.22. The Morgan fingerprint density at radius 3 is 2.68 bits per heavy atom. The van der Waals surface area contributed by atoms with Gasteiger partial charge in [-0.15, -0.1) is 0 Å². The summed E-state index contributed by atoms with van der Waals surface area (Å²) >= 11 is 0. The predicted octanol–water partition coefficient (Wildman–Crippen LogP) is 0.575. The van der Waals surface area contributed by atoms with Gasteiger partial charge in [0, 0.05) is 6.54 Å². The Morgan fingerprint density at radius 1 is 1.32 bits per heavy atom. The van der Waals surface area contributed by atoms with Crippen molar-refractivity contribution in [2.45, 2.75) is 13.0 Å². The number of fused-ring (bicyclic) bond motifs is 1. The molecule has 22 heavy (non-hydrogen) atoms. The maximum absolute atomic E-state index is 12.2. The number of methoxy groups -OCH3 is 1. The molecule has 0 spiro atoms. The van der Waals surface area contributed by atoms with Crippen LogP contribution in [0.1, 0.15) is 6.42 Å². The second kappa shape index (κ2) is 6.12. The second-order valence-electron chi connectivity index (χ2n) is 4.16. The van der Waals surface area contributed by atoms with E-state index in [1.165, 1.54) is 18.2 Å². The lowest BCUT2D eigenvalue weighted by atomic mass is 10.2. The molecule has 1 heterocycles. The van der Waals surface area contributed by atoms with Gasteiger partial charge in [0.1, 0.15) is 0 Å². The van der Waals surface area contributed by atoms with Crippen LogP contribution in [0.5, 0.6) is 5.75 Å². The Morgan fingerprint density at radius 2 is 2.05 bits per heavy atom. The molecule has 2 rings (SSSR count). The van der Waals surface area contributed by atoms with Crippen molar-refractivity contribution < 1.29 is 28.6 Å². The molecule has 9 nitrogen and oxygen atoms in total. The number of benzene rings is 1. The van der Waals surface area contributed by atoms with Crippen molar-refractivity contribution in [3.63, 3.8) is 0 Å². The fraction of sp³-hybridized carbons (Fsp3) is 0.231. The molecule has 9 heteroatoms. The lowest BCUT2D eigenvalue weighted by Gasteiger charge is -2.07. The van der Waals surface area contributed by atoms with E-state index in [2.05, 4.69) is 4.74 Å². The second-order valence-corrected chi connectivity index (χ2v) is 4.16. The van der Waals surface area contributed by atoms with Crippen molar-refractivity contribution in [1.29, 1.82) is 0 Å². The van der Waals surface area contributed by atoms with Crippen LogP contribution in [0.25, 0.3) is 11.0 Å². The van der Waals surface area contributed by atoms with E-state index < -0.39 is 29.9 Å². The van der Waals surface area contributed by atoms with Gasteiger partial charge in [0.2, 0.25) is 0 Å². The van der Waals surface area contributed by atoms with Gasteiger partial charge in [-0.1, -0.05) is 6.07 Å². The number of rotatable bonds is 4. The highest BCUT2D eigenvalue weighted by atomic mass is 16.7. The number of aromatic nitrogens is 1. The SMILES string of the molecule is COC(=O)Oc1cccc2c(=O)n(CCC(=O)O)c(=O)oc12. The summed E-state index contributed by atoms with van der Waals surface area (Å²) in [6.07, 6.45) is -1.45. The molecule has 0 bridgehead atoms. The minimum absolute atomic E-state index is 0.0219. The third-order valence-electron chi connectivity index (χ3n) is 2.77. The van der Waals surface area contributed by atoms with Crippen molar-refractivity contribution in [3.8, 4) is 5.75 Å². The third-order valence-corrected chi connectivity index (χ3v) is 2.77. The predicted molar refractivity (Wildman–Crippen MR) is 72.0 cm³/mol. The molecule has 0 radical (unpaired) electrons. The smallest absolute Gasteiger partial charge is 0.481 e. The molecular weight excluding hydrogens is 298 g/mol. The fourth-order valence-corrected chi connectivity index (χ4v) is 1.77. The summed E-state index contributed by atoms with van der Waals surface area (Å²) in [5.74, 6) is -2.35. The number of ether oxygens (including phenoxy) is 2. The van der Waals surface area contributed by atoms with Crippen molar-refractivity contribution >= 4 is 23.1 Å². The molecule has 116 valence electrons. The number of hydrogen-bond acceptors (Lipinski definition) is 7. The normalized spacial score (nSPS) is 10.4. The number of aliphatic carboxylic acids is 1. The standard InChI is InChI=1S/C13H11NO8/c1-20-13(19)21-8-4-2-3-7-10(8)22-12(18)14(11(7)17)6-5-9(15)16/h2-4H,5-6H2,1H3,(H,15,16). The van der Waals surface area contributed by atoms with Gasteiger partial charge in [-0.2, -0.15) is 0 Å². The molecule has 1 N–H and O–H groups in total. The average Bonchev–Trinajstić information content (AvgIpc) is 2.47. The number of para-hydroxylation sites is 1. The molecule has 0 amide bonds. The Bertz CT molecular complexity index is 847. The first kappa shape index (κ1) is 15.3. The van der Waals surface area contributed by atoms with E-state index in [0.29, 0.717) is 4.57 Å². The Labute approximate surface area is 122 Å². The molecule has 1 aromatic carbocycles. The van der Waals surface area contributed by atoms with Gasteiger partial charge in [0.15, 0.2) is 11.3 Å². The molecule has 0 aliphatic rings. The van der Waals surface area contributed by atoms with Crippen LogP contribution < -0.4 is 16.1 Å². The Balaban J connectivity index is 2.58. The quantitative estimate of drug-likeness (QED) is 0.642. The van der Waals surface area contributed by atoms with Crippen molar-refractivity contribution in [3.05, 3.63) is 39.1 Å². The van der Waals surface area contributed by atoms with Crippen LogP contribution >= 0.6 is 0 Å². The van der Waals surface area contributed by atoms with Crippen LogP contribution in [0.15, 0.2) is 32.2 Å². The number of carbonyl (C=O) groups excluding carboxylic acids is 1. The summed E-state index contributed by atoms with van der Waals surface area (Å²) in [5, 5.41) is 8.60. The van der Waals surface area contributed by atoms with Gasteiger partial charge in [0.25, 0.3) is 5.56 Å². The number of nitrogens with zero attached hydrogens (tertiary/aromatic N) is 1. The van der Waals surface area contributed by atoms with E-state index >= 15 is 0 Å². The highest BCUT2D eigenvalue weighted by Gasteiger charge is 2.16. The van der Waals surface area contributed by atoms with E-state index in [1.54, 1.807) is 0 Å². The van der Waals surface area contributed by atoms with E-state index in [0.717, 1.165) is 7.11 Å². The fourth-order valence-electron chi connectivity index (χ4n) is 1.77. The Kier molecular flexibility index (Phi) is 4.25. The highest BCUT2D eigenvalue weighted by molar-refractivity contribution is 5.83.